The van der Waals surface area contributed by atoms with E-state index in [4.69, 9.17) is 4.74 Å². The van der Waals surface area contributed by atoms with E-state index in [1.165, 1.54) is 7.11 Å². The van der Waals surface area contributed by atoms with Crippen molar-refractivity contribution in [3.05, 3.63) is 83.9 Å². The number of rotatable bonds is 4. The van der Waals surface area contributed by atoms with Crippen LogP contribution in [0.1, 0.15) is 23.0 Å². The van der Waals surface area contributed by atoms with Crippen LogP contribution in [0.3, 0.4) is 0 Å². The molecule has 3 unspecified atom stereocenters. The number of carbonyl (C=O) groups excluding carboxylic acids is 1. The Morgan fingerprint density at radius 3 is 2.07 bits per heavy atom. The third-order valence-corrected chi connectivity index (χ3v) is 4.93. The maximum atomic E-state index is 15.5. The molecule has 0 radical (unpaired) electrons. The molecular formula is C21H16F2N2O2. The van der Waals surface area contributed by atoms with E-state index in [1.807, 2.05) is 30.3 Å². The van der Waals surface area contributed by atoms with Gasteiger partial charge in [0.15, 0.2) is 11.6 Å². The number of aromatic nitrogens is 2. The lowest BCUT2D eigenvalue weighted by atomic mass is 10.0. The Morgan fingerprint density at radius 2 is 1.52 bits per heavy atom. The van der Waals surface area contributed by atoms with Gasteiger partial charge in [0.1, 0.15) is 0 Å². The number of esters is 1. The van der Waals surface area contributed by atoms with Gasteiger partial charge < -0.3 is 4.74 Å². The minimum Gasteiger partial charge on any atom is -0.467 e. The third kappa shape index (κ3) is 2.87. The van der Waals surface area contributed by atoms with Gasteiger partial charge in [0.25, 0.3) is 0 Å². The molecule has 0 N–H and O–H groups in total. The van der Waals surface area contributed by atoms with Crippen LogP contribution in [-0.2, 0) is 9.53 Å². The lowest BCUT2D eigenvalue weighted by Crippen LogP contribution is -2.22. The smallest absolute Gasteiger partial charge is 0.344 e. The van der Waals surface area contributed by atoms with E-state index in [0.717, 1.165) is 18.0 Å². The van der Waals surface area contributed by atoms with Gasteiger partial charge in [0.2, 0.25) is 5.67 Å². The standard InChI is InChI=1S/C21H16F2N2O2/c1-27-20(26)21(23)17(13-5-3-2-4-6-13)18(21)14-7-9-15(10-8-14)19-24-11-16(22)12-25-19/h2-12,17-18H,1H3. The van der Waals surface area contributed by atoms with Crippen LogP contribution in [0, 0.1) is 5.82 Å². The number of alkyl halides is 1. The first kappa shape index (κ1) is 17.3. The first-order chi connectivity index (χ1) is 13.1. The van der Waals surface area contributed by atoms with Gasteiger partial charge in [0.05, 0.1) is 19.5 Å². The van der Waals surface area contributed by atoms with Gasteiger partial charge in [-0.15, -0.1) is 0 Å². The molecule has 1 aromatic heterocycles. The molecule has 1 fully saturated rings. The van der Waals surface area contributed by atoms with E-state index in [-0.39, 0.29) is 0 Å². The van der Waals surface area contributed by atoms with Gasteiger partial charge in [-0.2, -0.15) is 0 Å². The van der Waals surface area contributed by atoms with E-state index in [9.17, 15) is 9.18 Å². The van der Waals surface area contributed by atoms with E-state index in [1.54, 1.807) is 24.3 Å². The first-order valence-electron chi connectivity index (χ1n) is 8.46. The van der Waals surface area contributed by atoms with Crippen molar-refractivity contribution in [3.63, 3.8) is 0 Å². The molecule has 1 aliphatic carbocycles. The molecule has 0 aliphatic heterocycles. The molecule has 2 aromatic carbocycles. The first-order valence-corrected chi connectivity index (χ1v) is 8.46. The number of hydrogen-bond acceptors (Lipinski definition) is 4. The number of methoxy groups -OCH3 is 1. The molecule has 3 aromatic rings. The maximum absolute atomic E-state index is 15.5. The zero-order valence-corrected chi connectivity index (χ0v) is 14.5. The highest BCUT2D eigenvalue weighted by molar-refractivity contribution is 5.88. The summed E-state index contributed by atoms with van der Waals surface area (Å²) in [5.41, 5.74) is 0.0198. The zero-order chi connectivity index (χ0) is 19.0. The summed E-state index contributed by atoms with van der Waals surface area (Å²) in [6.07, 6.45) is 2.18. The number of halogens is 2. The average molecular weight is 366 g/mol. The van der Waals surface area contributed by atoms with Crippen molar-refractivity contribution in [2.24, 2.45) is 0 Å². The molecule has 4 rings (SSSR count). The van der Waals surface area contributed by atoms with Crippen molar-refractivity contribution < 1.29 is 18.3 Å². The molecule has 4 nitrogen and oxygen atoms in total. The highest BCUT2D eigenvalue weighted by Crippen LogP contribution is 2.66. The van der Waals surface area contributed by atoms with Gasteiger partial charge in [-0.05, 0) is 11.1 Å². The van der Waals surface area contributed by atoms with Gasteiger partial charge in [0, 0.05) is 17.4 Å². The fourth-order valence-electron chi connectivity index (χ4n) is 3.60. The van der Waals surface area contributed by atoms with E-state index in [2.05, 4.69) is 9.97 Å². The van der Waals surface area contributed by atoms with Gasteiger partial charge in [-0.3, -0.25) is 0 Å². The van der Waals surface area contributed by atoms with Crippen LogP contribution in [0.4, 0.5) is 8.78 Å². The molecule has 3 atom stereocenters. The lowest BCUT2D eigenvalue weighted by molar-refractivity contribution is -0.148. The Bertz CT molecular complexity index is 962. The zero-order valence-electron chi connectivity index (χ0n) is 14.5. The van der Waals surface area contributed by atoms with Crippen LogP contribution >= 0.6 is 0 Å². The second-order valence-electron chi connectivity index (χ2n) is 6.47. The predicted molar refractivity (Wildman–Crippen MR) is 95.2 cm³/mol. The number of benzene rings is 2. The van der Waals surface area contributed by atoms with Gasteiger partial charge in [-0.25, -0.2) is 23.5 Å². The van der Waals surface area contributed by atoms with Crippen molar-refractivity contribution >= 4 is 5.97 Å². The molecule has 136 valence electrons. The Morgan fingerprint density at radius 1 is 0.963 bits per heavy atom. The van der Waals surface area contributed by atoms with Gasteiger partial charge >= 0.3 is 5.97 Å². The second-order valence-corrected chi connectivity index (χ2v) is 6.47. The molecule has 0 saturated heterocycles. The normalized spacial score (nSPS) is 23.7. The molecule has 6 heteroatoms. The molecule has 0 spiro atoms. The minimum absolute atomic E-state index is 0.373. The highest BCUT2D eigenvalue weighted by atomic mass is 19.1. The summed E-state index contributed by atoms with van der Waals surface area (Å²) < 4.78 is 33.2. The maximum Gasteiger partial charge on any atom is 0.344 e. The lowest BCUT2D eigenvalue weighted by Gasteiger charge is -2.06. The summed E-state index contributed by atoms with van der Waals surface area (Å²) >= 11 is 0. The Hall–Kier alpha value is -3.15. The number of nitrogens with zero attached hydrogens (tertiary/aromatic N) is 2. The molecule has 1 saturated carbocycles. The molecule has 0 amide bonds. The Kier molecular flexibility index (Phi) is 4.18. The van der Waals surface area contributed by atoms with Crippen molar-refractivity contribution in [3.8, 4) is 11.4 Å². The SMILES string of the molecule is COC(=O)C1(F)C(c2ccccc2)C1c1ccc(-c2ncc(F)cn2)cc1. The van der Waals surface area contributed by atoms with Crippen molar-refractivity contribution in [1.29, 1.82) is 0 Å². The molecule has 0 bridgehead atoms. The number of ether oxygens (including phenoxy) is 1. The van der Waals surface area contributed by atoms with Gasteiger partial charge in [-0.1, -0.05) is 54.6 Å². The Balaban J connectivity index is 1.67. The summed E-state index contributed by atoms with van der Waals surface area (Å²) in [6.45, 7) is 0. The van der Waals surface area contributed by atoms with E-state index >= 15 is 4.39 Å². The van der Waals surface area contributed by atoms with Crippen LogP contribution in [-0.4, -0.2) is 28.7 Å². The van der Waals surface area contributed by atoms with E-state index < -0.39 is 29.3 Å². The summed E-state index contributed by atoms with van der Waals surface area (Å²) in [5.74, 6) is -2.24. The Labute approximate surface area is 154 Å². The predicted octanol–water partition coefficient (Wildman–Crippen LogP) is 4.05. The summed E-state index contributed by atoms with van der Waals surface area (Å²) in [5, 5.41) is 0. The van der Waals surface area contributed by atoms with Crippen LogP contribution in [0.25, 0.3) is 11.4 Å². The van der Waals surface area contributed by atoms with Crippen LogP contribution in [0.5, 0.6) is 0 Å². The third-order valence-electron chi connectivity index (χ3n) is 4.93. The quantitative estimate of drug-likeness (QED) is 0.654. The molecule has 1 aliphatic rings. The number of carbonyl (C=O) groups is 1. The molecule has 27 heavy (non-hydrogen) atoms. The van der Waals surface area contributed by atoms with Crippen molar-refractivity contribution in [1.82, 2.24) is 9.97 Å². The fraction of sp³-hybridized carbons (Fsp3) is 0.190. The van der Waals surface area contributed by atoms with Crippen LogP contribution in [0.15, 0.2) is 67.0 Å². The topological polar surface area (TPSA) is 52.1 Å². The monoisotopic (exact) mass is 366 g/mol. The van der Waals surface area contributed by atoms with Crippen molar-refractivity contribution in [2.45, 2.75) is 17.5 Å². The fourth-order valence-corrected chi connectivity index (χ4v) is 3.60. The summed E-state index contributed by atoms with van der Waals surface area (Å²) in [7, 11) is 1.19. The largest absolute Gasteiger partial charge is 0.467 e. The average Bonchev–Trinajstić information content (AvgIpc) is 3.35. The molecule has 1 heterocycles. The highest BCUT2D eigenvalue weighted by Gasteiger charge is 2.73. The molecular weight excluding hydrogens is 350 g/mol. The van der Waals surface area contributed by atoms with Crippen LogP contribution < -0.4 is 0 Å². The number of hydrogen-bond donors (Lipinski definition) is 0. The van der Waals surface area contributed by atoms with E-state index in [0.29, 0.717) is 17.0 Å². The summed E-state index contributed by atoms with van der Waals surface area (Å²) in [4.78, 5) is 20.0. The second kappa shape index (κ2) is 6.54. The van der Waals surface area contributed by atoms with Crippen molar-refractivity contribution in [2.75, 3.05) is 7.11 Å². The minimum atomic E-state index is -2.09. The summed E-state index contributed by atoms with van der Waals surface area (Å²) in [6, 6.07) is 16.1. The van der Waals surface area contributed by atoms with Crippen LogP contribution in [0.2, 0.25) is 0 Å².